The van der Waals surface area contributed by atoms with Gasteiger partial charge in [-0.05, 0) is 0 Å². The van der Waals surface area contributed by atoms with Crippen molar-refractivity contribution in [2.45, 2.75) is 11.8 Å². The van der Waals surface area contributed by atoms with Crippen molar-refractivity contribution in [2.75, 3.05) is 5.73 Å². The monoisotopic (exact) mass is 264 g/mol. The lowest BCUT2D eigenvalue weighted by molar-refractivity contribution is 0.112. The van der Waals surface area contributed by atoms with Crippen LogP contribution in [0.5, 0.6) is 0 Å². The Morgan fingerprint density at radius 3 is 2.71 bits per heavy atom. The maximum Gasteiger partial charge on any atom is 0.267 e. The Bertz CT molecular complexity index is 357. The van der Waals surface area contributed by atoms with Gasteiger partial charge < -0.3 is 5.73 Å². The molecule has 6 heteroatoms. The highest BCUT2D eigenvalue weighted by Gasteiger charge is 2.19. The highest BCUT2D eigenvalue weighted by molar-refractivity contribution is 9.08. The van der Waals surface area contributed by atoms with Gasteiger partial charge in [0.05, 0.1) is 22.5 Å². The first kappa shape index (κ1) is 11.0. The molecule has 0 amide bonds. The maximum absolute atomic E-state index is 12.5. The van der Waals surface area contributed by atoms with E-state index in [1.54, 1.807) is 0 Å². The lowest BCUT2D eigenvalue weighted by Gasteiger charge is -2.09. The molecular formula is C8H7BrF2N2O. The van der Waals surface area contributed by atoms with Gasteiger partial charge in [0, 0.05) is 11.5 Å². The Labute approximate surface area is 87.4 Å². The summed E-state index contributed by atoms with van der Waals surface area (Å²) < 4.78 is 25.1. The number of hydrogen-bond donors (Lipinski definition) is 1. The number of halogens is 3. The molecule has 1 aromatic heterocycles. The zero-order chi connectivity index (χ0) is 10.7. The van der Waals surface area contributed by atoms with E-state index < -0.39 is 6.43 Å². The molecule has 1 heterocycles. The second kappa shape index (κ2) is 4.45. The number of aromatic nitrogens is 1. The Hall–Kier alpha value is -1.04. The van der Waals surface area contributed by atoms with Crippen LogP contribution in [-0.2, 0) is 5.33 Å². The van der Waals surface area contributed by atoms with Crippen molar-refractivity contribution in [2.24, 2.45) is 0 Å². The number of nitrogens with two attached hydrogens (primary N) is 1. The van der Waals surface area contributed by atoms with Crippen molar-refractivity contribution in [1.82, 2.24) is 4.98 Å². The first-order chi connectivity index (χ1) is 6.61. The summed E-state index contributed by atoms with van der Waals surface area (Å²) in [6, 6.07) is 0. The number of nitrogens with zero attached hydrogens (tertiary/aromatic N) is 1. The minimum Gasteiger partial charge on any atom is -0.398 e. The Morgan fingerprint density at radius 2 is 2.29 bits per heavy atom. The number of rotatable bonds is 3. The van der Waals surface area contributed by atoms with E-state index in [0.717, 1.165) is 0 Å². The fourth-order valence-corrected chi connectivity index (χ4v) is 1.49. The van der Waals surface area contributed by atoms with E-state index in [0.29, 0.717) is 6.29 Å². The summed E-state index contributed by atoms with van der Waals surface area (Å²) in [5.41, 5.74) is 4.98. The summed E-state index contributed by atoms with van der Waals surface area (Å²) in [6.45, 7) is 0. The van der Waals surface area contributed by atoms with Gasteiger partial charge in [-0.3, -0.25) is 9.78 Å². The minimum absolute atomic E-state index is 0.00926. The van der Waals surface area contributed by atoms with Crippen LogP contribution in [0.1, 0.15) is 28.0 Å². The lowest BCUT2D eigenvalue weighted by Crippen LogP contribution is -2.05. The van der Waals surface area contributed by atoms with Gasteiger partial charge in [0.15, 0.2) is 6.29 Å². The summed E-state index contributed by atoms with van der Waals surface area (Å²) >= 11 is 3.02. The van der Waals surface area contributed by atoms with Crippen LogP contribution >= 0.6 is 15.9 Å². The van der Waals surface area contributed by atoms with Gasteiger partial charge in [-0.15, -0.1) is 0 Å². The number of alkyl halides is 3. The predicted octanol–water partition coefficient (Wildman–Crippen LogP) is 2.31. The molecule has 1 rings (SSSR count). The van der Waals surface area contributed by atoms with Crippen molar-refractivity contribution >= 4 is 27.9 Å². The summed E-state index contributed by atoms with van der Waals surface area (Å²) in [6.07, 6.45) is -1.13. The van der Waals surface area contributed by atoms with Crippen molar-refractivity contribution in [3.05, 3.63) is 23.0 Å². The van der Waals surface area contributed by atoms with E-state index in [1.807, 2.05) is 0 Å². The number of anilines is 1. The molecule has 76 valence electrons. The Balaban J connectivity index is 3.38. The fourth-order valence-electron chi connectivity index (χ4n) is 1.04. The molecule has 1 aromatic rings. The summed E-state index contributed by atoms with van der Waals surface area (Å²) in [5, 5.41) is 0.177. The van der Waals surface area contributed by atoms with Crippen LogP contribution < -0.4 is 5.73 Å². The van der Waals surface area contributed by atoms with Crippen molar-refractivity contribution in [1.29, 1.82) is 0 Å². The molecule has 0 aliphatic rings. The Morgan fingerprint density at radius 1 is 1.64 bits per heavy atom. The molecule has 0 spiro atoms. The van der Waals surface area contributed by atoms with Crippen molar-refractivity contribution in [3.8, 4) is 0 Å². The number of nitrogen functional groups attached to an aromatic ring is 1. The van der Waals surface area contributed by atoms with E-state index >= 15 is 0 Å². The van der Waals surface area contributed by atoms with Crippen molar-refractivity contribution < 1.29 is 13.6 Å². The van der Waals surface area contributed by atoms with Gasteiger partial charge in [-0.2, -0.15) is 0 Å². The highest BCUT2D eigenvalue weighted by Crippen LogP contribution is 2.30. The van der Waals surface area contributed by atoms with Gasteiger partial charge in [0.1, 0.15) is 0 Å². The third-order valence-electron chi connectivity index (χ3n) is 1.74. The lowest BCUT2D eigenvalue weighted by atomic mass is 10.1. The molecule has 0 fully saturated rings. The van der Waals surface area contributed by atoms with E-state index in [2.05, 4.69) is 20.9 Å². The highest BCUT2D eigenvalue weighted by atomic mass is 79.9. The first-order valence-corrected chi connectivity index (χ1v) is 4.80. The molecule has 0 unspecified atom stereocenters. The summed E-state index contributed by atoms with van der Waals surface area (Å²) in [7, 11) is 0. The third-order valence-corrected chi connectivity index (χ3v) is 2.27. The molecular weight excluding hydrogens is 258 g/mol. The van der Waals surface area contributed by atoms with E-state index in [4.69, 9.17) is 5.73 Å². The molecule has 0 aliphatic carbocycles. The largest absolute Gasteiger partial charge is 0.398 e. The van der Waals surface area contributed by atoms with E-state index in [1.165, 1.54) is 6.20 Å². The SMILES string of the molecule is Nc1c(C=O)cnc(CBr)c1C(F)F. The van der Waals surface area contributed by atoms with Crippen LogP contribution in [0.3, 0.4) is 0 Å². The molecule has 0 radical (unpaired) electrons. The third kappa shape index (κ3) is 1.89. The smallest absolute Gasteiger partial charge is 0.267 e. The van der Waals surface area contributed by atoms with Crippen LogP contribution in [0.2, 0.25) is 0 Å². The van der Waals surface area contributed by atoms with Gasteiger partial charge in [-0.25, -0.2) is 8.78 Å². The molecule has 0 aromatic carbocycles. The average Bonchev–Trinajstić information content (AvgIpc) is 2.16. The normalized spacial score (nSPS) is 10.6. The number of pyridine rings is 1. The van der Waals surface area contributed by atoms with E-state index in [9.17, 15) is 13.6 Å². The number of carbonyl (C=O) groups is 1. The average molecular weight is 265 g/mol. The number of carbonyl (C=O) groups excluding carboxylic acids is 1. The van der Waals surface area contributed by atoms with E-state index in [-0.39, 0.29) is 27.8 Å². The predicted molar refractivity (Wildman–Crippen MR) is 51.6 cm³/mol. The topological polar surface area (TPSA) is 56.0 Å². The minimum atomic E-state index is -2.73. The zero-order valence-corrected chi connectivity index (χ0v) is 8.59. The molecule has 0 bridgehead atoms. The quantitative estimate of drug-likeness (QED) is 0.674. The van der Waals surface area contributed by atoms with Gasteiger partial charge in [0.2, 0.25) is 0 Å². The second-order valence-electron chi connectivity index (χ2n) is 2.54. The molecule has 2 N–H and O–H groups in total. The molecule has 0 atom stereocenters. The van der Waals surface area contributed by atoms with Gasteiger partial charge >= 0.3 is 0 Å². The summed E-state index contributed by atoms with van der Waals surface area (Å²) in [5.74, 6) is 0. The fraction of sp³-hybridized carbons (Fsp3) is 0.250. The van der Waals surface area contributed by atoms with Gasteiger partial charge in [0.25, 0.3) is 6.43 Å². The van der Waals surface area contributed by atoms with Crippen molar-refractivity contribution in [3.63, 3.8) is 0 Å². The number of aldehydes is 1. The molecule has 14 heavy (non-hydrogen) atoms. The molecule has 0 saturated heterocycles. The van der Waals surface area contributed by atoms with Crippen LogP contribution in [0.25, 0.3) is 0 Å². The van der Waals surface area contributed by atoms with Crippen LogP contribution in [-0.4, -0.2) is 11.3 Å². The van der Waals surface area contributed by atoms with Crippen LogP contribution in [0.4, 0.5) is 14.5 Å². The standard InChI is InChI=1S/C8H7BrF2N2O/c9-1-5-6(8(10)11)7(12)4(3-14)2-13-5/h2-3,8H,1H2,(H2,12,13). The van der Waals surface area contributed by atoms with Crippen LogP contribution in [0, 0.1) is 0 Å². The molecule has 0 saturated carbocycles. The summed E-state index contributed by atoms with van der Waals surface area (Å²) in [4.78, 5) is 14.1. The Kier molecular flexibility index (Phi) is 3.51. The van der Waals surface area contributed by atoms with Crippen LogP contribution in [0.15, 0.2) is 6.20 Å². The number of hydrogen-bond acceptors (Lipinski definition) is 3. The second-order valence-corrected chi connectivity index (χ2v) is 3.10. The maximum atomic E-state index is 12.5. The van der Waals surface area contributed by atoms with Gasteiger partial charge in [-0.1, -0.05) is 15.9 Å². The molecule has 3 nitrogen and oxygen atoms in total. The zero-order valence-electron chi connectivity index (χ0n) is 7.01. The first-order valence-electron chi connectivity index (χ1n) is 3.68. The molecule has 0 aliphatic heterocycles.